The van der Waals surface area contributed by atoms with Gasteiger partial charge in [-0.2, -0.15) is 10.1 Å². The van der Waals surface area contributed by atoms with Crippen LogP contribution in [0.1, 0.15) is 60.7 Å². The van der Waals surface area contributed by atoms with Gasteiger partial charge in [-0.3, -0.25) is 14.4 Å². The number of fused-ring (bicyclic) bond motifs is 1. The molecule has 2 aliphatic rings. The van der Waals surface area contributed by atoms with Gasteiger partial charge in [0.05, 0.1) is 25.3 Å². The van der Waals surface area contributed by atoms with Crippen LogP contribution >= 0.6 is 0 Å². The Morgan fingerprint density at radius 2 is 1.98 bits per heavy atom. The number of amides is 1. The number of aryl methyl sites for hydroxylation is 1. The number of oxazole rings is 1. The third kappa shape index (κ3) is 5.45. The largest absolute Gasteiger partial charge is 0.448 e. The van der Waals surface area contributed by atoms with Crippen molar-refractivity contribution in [2.75, 3.05) is 25.1 Å². The zero-order valence-electron chi connectivity index (χ0n) is 23.1. The smallest absolute Gasteiger partial charge is 0.273 e. The first-order valence-electron chi connectivity index (χ1n) is 13.4. The molecule has 1 atom stereocenters. The van der Waals surface area contributed by atoms with E-state index in [1.54, 1.807) is 4.68 Å². The highest BCUT2D eigenvalue weighted by Crippen LogP contribution is 2.32. The van der Waals surface area contributed by atoms with Crippen LogP contribution in [0.4, 0.5) is 11.8 Å². The minimum Gasteiger partial charge on any atom is -0.448 e. The van der Waals surface area contributed by atoms with Crippen molar-refractivity contribution in [1.82, 2.24) is 39.9 Å². The highest BCUT2D eigenvalue weighted by molar-refractivity contribution is 5.92. The number of nitrogens with one attached hydrogen (secondary N) is 2. The summed E-state index contributed by atoms with van der Waals surface area (Å²) in [7, 11) is 1.85. The van der Waals surface area contributed by atoms with Crippen molar-refractivity contribution in [3.05, 3.63) is 65.8 Å². The molecule has 0 saturated carbocycles. The van der Waals surface area contributed by atoms with Crippen LogP contribution in [-0.4, -0.2) is 66.3 Å². The Morgan fingerprint density at radius 1 is 1.12 bits per heavy atom. The second-order valence-corrected chi connectivity index (χ2v) is 11.3. The van der Waals surface area contributed by atoms with Gasteiger partial charge in [0.2, 0.25) is 5.95 Å². The molecule has 12 heteroatoms. The maximum absolute atomic E-state index is 13.2. The minimum atomic E-state index is -0.281. The predicted octanol–water partition coefficient (Wildman–Crippen LogP) is 3.38. The van der Waals surface area contributed by atoms with Crippen molar-refractivity contribution in [2.24, 2.45) is 7.05 Å². The van der Waals surface area contributed by atoms with Crippen LogP contribution in [-0.2, 0) is 23.7 Å². The normalized spacial score (nSPS) is 18.1. The standard InChI is InChI=1S/C28H33N9O3/c1-28(2,3)26-32-22(15-40-26)25(38)31-21-7-10-37(19-13-39-14-19)12-18-11-17(5-6-20(18)21)24-29-16-30-27(34-24)33-23-8-9-36(4)35-23/h5-6,8-9,11,15-16,19,21H,7,10,12-14H2,1-4H3,(H,31,38)(H,29,30,33,34,35)/t21-/m1/s1. The Morgan fingerprint density at radius 3 is 2.67 bits per heavy atom. The Hall–Kier alpha value is -4.16. The summed E-state index contributed by atoms with van der Waals surface area (Å²) in [5.41, 5.74) is 3.06. The zero-order valence-corrected chi connectivity index (χ0v) is 23.1. The number of rotatable bonds is 6. The minimum absolute atomic E-state index is 0.183. The number of hydrogen-bond acceptors (Lipinski definition) is 10. The van der Waals surface area contributed by atoms with Crippen LogP contribution in [0.25, 0.3) is 11.4 Å². The van der Waals surface area contributed by atoms with Crippen molar-refractivity contribution in [3.63, 3.8) is 0 Å². The van der Waals surface area contributed by atoms with Gasteiger partial charge in [0, 0.05) is 43.4 Å². The van der Waals surface area contributed by atoms with E-state index in [0.717, 1.165) is 49.4 Å². The molecule has 40 heavy (non-hydrogen) atoms. The summed E-state index contributed by atoms with van der Waals surface area (Å²) >= 11 is 0. The van der Waals surface area contributed by atoms with Crippen LogP contribution in [0.15, 0.2) is 47.5 Å². The fourth-order valence-corrected chi connectivity index (χ4v) is 4.91. The number of ether oxygens (including phenoxy) is 1. The number of aromatic nitrogens is 6. The Bertz CT molecular complexity index is 1520. The molecule has 12 nitrogen and oxygen atoms in total. The molecule has 0 spiro atoms. The molecular formula is C28H33N9O3. The number of carbonyl (C=O) groups is 1. The average molecular weight is 544 g/mol. The van der Waals surface area contributed by atoms with Crippen molar-refractivity contribution < 1.29 is 13.9 Å². The molecule has 3 aromatic heterocycles. The van der Waals surface area contributed by atoms with Crippen LogP contribution in [0.5, 0.6) is 0 Å². The number of nitrogens with zero attached hydrogens (tertiary/aromatic N) is 7. The van der Waals surface area contributed by atoms with Crippen LogP contribution < -0.4 is 10.6 Å². The molecule has 1 aromatic carbocycles. The Kier molecular flexibility index (Phi) is 6.80. The molecule has 0 unspecified atom stereocenters. The second kappa shape index (κ2) is 10.4. The second-order valence-electron chi connectivity index (χ2n) is 11.3. The lowest BCUT2D eigenvalue weighted by atomic mass is 9.96. The maximum atomic E-state index is 13.2. The third-order valence-electron chi connectivity index (χ3n) is 7.20. The fourth-order valence-electron chi connectivity index (χ4n) is 4.91. The lowest BCUT2D eigenvalue weighted by Crippen LogP contribution is -2.48. The highest BCUT2D eigenvalue weighted by Gasteiger charge is 2.32. The molecule has 0 bridgehead atoms. The van der Waals surface area contributed by atoms with E-state index in [1.807, 2.05) is 46.1 Å². The van der Waals surface area contributed by atoms with Gasteiger partial charge in [0.1, 0.15) is 12.6 Å². The van der Waals surface area contributed by atoms with E-state index in [4.69, 9.17) is 9.15 Å². The van der Waals surface area contributed by atoms with E-state index in [-0.39, 0.29) is 23.1 Å². The number of anilines is 2. The van der Waals surface area contributed by atoms with E-state index in [0.29, 0.717) is 29.5 Å². The quantitative estimate of drug-likeness (QED) is 0.372. The fraction of sp³-hybridized carbons (Fsp3) is 0.429. The predicted molar refractivity (Wildman–Crippen MR) is 147 cm³/mol. The highest BCUT2D eigenvalue weighted by atomic mass is 16.5. The Labute approximate surface area is 232 Å². The van der Waals surface area contributed by atoms with Gasteiger partial charge in [0.15, 0.2) is 23.2 Å². The molecular weight excluding hydrogens is 510 g/mol. The molecule has 2 aliphatic heterocycles. The van der Waals surface area contributed by atoms with Crippen LogP contribution in [0, 0.1) is 0 Å². The van der Waals surface area contributed by atoms with Gasteiger partial charge in [-0.15, -0.1) is 0 Å². The van der Waals surface area contributed by atoms with Gasteiger partial charge >= 0.3 is 0 Å². The molecule has 2 N–H and O–H groups in total. The monoisotopic (exact) mass is 543 g/mol. The number of carbonyl (C=O) groups excluding carboxylic acids is 1. The van der Waals surface area contributed by atoms with Gasteiger partial charge < -0.3 is 19.8 Å². The van der Waals surface area contributed by atoms with Crippen LogP contribution in [0.3, 0.4) is 0 Å². The summed E-state index contributed by atoms with van der Waals surface area (Å²) in [5.74, 6) is 1.91. The number of benzene rings is 1. The van der Waals surface area contributed by atoms with E-state index in [1.165, 1.54) is 12.6 Å². The lowest BCUT2D eigenvalue weighted by Gasteiger charge is -2.36. The average Bonchev–Trinajstić information content (AvgIpc) is 3.51. The van der Waals surface area contributed by atoms with Crippen molar-refractivity contribution in [1.29, 1.82) is 0 Å². The molecule has 4 aromatic rings. The molecule has 0 radical (unpaired) electrons. The molecule has 1 amide bonds. The topological polar surface area (TPSA) is 136 Å². The maximum Gasteiger partial charge on any atom is 0.273 e. The Balaban J connectivity index is 1.28. The van der Waals surface area contributed by atoms with Crippen molar-refractivity contribution in [2.45, 2.75) is 51.2 Å². The summed E-state index contributed by atoms with van der Waals surface area (Å²) in [4.78, 5) is 33.4. The van der Waals surface area contributed by atoms with Gasteiger partial charge in [-0.1, -0.05) is 32.9 Å². The first kappa shape index (κ1) is 26.1. The van der Waals surface area contributed by atoms with E-state index >= 15 is 0 Å². The van der Waals surface area contributed by atoms with Crippen molar-refractivity contribution in [3.8, 4) is 11.4 Å². The summed E-state index contributed by atoms with van der Waals surface area (Å²) < 4.78 is 12.8. The number of hydrogen-bond donors (Lipinski definition) is 2. The summed E-state index contributed by atoms with van der Waals surface area (Å²) in [5, 5.41) is 10.7. The first-order chi connectivity index (χ1) is 19.2. The summed E-state index contributed by atoms with van der Waals surface area (Å²) in [6.07, 6.45) is 5.54. The first-order valence-corrected chi connectivity index (χ1v) is 13.4. The van der Waals surface area contributed by atoms with Crippen molar-refractivity contribution >= 4 is 17.7 Å². The van der Waals surface area contributed by atoms with Crippen LogP contribution in [0.2, 0.25) is 0 Å². The lowest BCUT2D eigenvalue weighted by molar-refractivity contribution is -0.0678. The summed E-state index contributed by atoms with van der Waals surface area (Å²) in [6.45, 7) is 9.02. The molecule has 5 heterocycles. The molecule has 1 fully saturated rings. The SMILES string of the molecule is Cn1ccc(Nc2ncnc(-c3ccc4c(c3)CN(C3COC3)CC[C@H]4NC(=O)c3coc(C(C)(C)C)n3)n2)n1. The zero-order chi connectivity index (χ0) is 27.9. The van der Waals surface area contributed by atoms with Gasteiger partial charge in [-0.05, 0) is 23.6 Å². The molecule has 6 rings (SSSR count). The molecule has 0 aliphatic carbocycles. The molecule has 208 valence electrons. The van der Waals surface area contributed by atoms with Gasteiger partial charge in [-0.25, -0.2) is 15.0 Å². The summed E-state index contributed by atoms with van der Waals surface area (Å²) in [6, 6.07) is 8.20. The van der Waals surface area contributed by atoms with E-state index < -0.39 is 0 Å². The van der Waals surface area contributed by atoms with E-state index in [2.05, 4.69) is 52.7 Å². The van der Waals surface area contributed by atoms with E-state index in [9.17, 15) is 4.79 Å². The van der Waals surface area contributed by atoms with Gasteiger partial charge in [0.25, 0.3) is 5.91 Å². The molecule has 1 saturated heterocycles. The third-order valence-corrected chi connectivity index (χ3v) is 7.20.